The Balaban J connectivity index is 1.77. The summed E-state index contributed by atoms with van der Waals surface area (Å²) < 4.78 is 26.2. The highest BCUT2D eigenvalue weighted by atomic mass is 35.5. The Kier molecular flexibility index (Phi) is 4.84. The average Bonchev–Trinajstić information content (AvgIpc) is 3.14. The van der Waals surface area contributed by atoms with Crippen molar-refractivity contribution in [3.8, 4) is 0 Å². The maximum absolute atomic E-state index is 13.0. The van der Waals surface area contributed by atoms with E-state index in [0.29, 0.717) is 5.01 Å². The van der Waals surface area contributed by atoms with Crippen molar-refractivity contribution in [1.82, 2.24) is 4.98 Å². The Morgan fingerprint density at radius 2 is 1.76 bits per heavy atom. The summed E-state index contributed by atoms with van der Waals surface area (Å²) in [5.74, 6) is 0. The van der Waals surface area contributed by atoms with Crippen LogP contribution in [0.2, 0.25) is 4.34 Å². The lowest BCUT2D eigenvalue weighted by atomic mass is 9.84. The molecule has 1 aliphatic rings. The Bertz CT molecular complexity index is 1230. The summed E-state index contributed by atoms with van der Waals surface area (Å²) in [6.45, 7) is 6.22. The first-order valence-electron chi connectivity index (χ1n) is 9.16. The van der Waals surface area contributed by atoms with Crippen LogP contribution >= 0.6 is 22.9 Å². The summed E-state index contributed by atoms with van der Waals surface area (Å²) in [7, 11) is -1.76. The molecule has 1 aromatic heterocycles. The third kappa shape index (κ3) is 3.29. The van der Waals surface area contributed by atoms with E-state index in [-0.39, 0.29) is 19.7 Å². The van der Waals surface area contributed by atoms with Gasteiger partial charge < -0.3 is 4.90 Å². The highest BCUT2D eigenvalue weighted by Gasteiger charge is 2.38. The third-order valence-corrected chi connectivity index (χ3v) is 8.50. The fourth-order valence-electron chi connectivity index (χ4n) is 3.73. The minimum absolute atomic E-state index is 0.0872. The van der Waals surface area contributed by atoms with Crippen molar-refractivity contribution in [3.05, 3.63) is 74.7 Å². The molecule has 0 unspecified atom stereocenters. The maximum atomic E-state index is 13.0. The van der Waals surface area contributed by atoms with Gasteiger partial charge in [-0.3, -0.25) is 0 Å². The predicted octanol–water partition coefficient (Wildman–Crippen LogP) is 5.71. The number of hydrogen-bond donors (Lipinski definition) is 0. The number of nitrogens with zero attached hydrogens (tertiary/aromatic N) is 2. The van der Waals surface area contributed by atoms with Gasteiger partial charge in [0.1, 0.15) is 9.34 Å². The molecule has 3 aromatic rings. The van der Waals surface area contributed by atoms with Crippen molar-refractivity contribution in [2.45, 2.75) is 36.1 Å². The summed E-state index contributed by atoms with van der Waals surface area (Å²) in [6.07, 6.45) is 1.94. The highest BCUT2D eigenvalue weighted by molar-refractivity contribution is 7.91. The van der Waals surface area contributed by atoms with Gasteiger partial charge in [-0.05, 0) is 36.8 Å². The Morgan fingerprint density at radius 3 is 2.41 bits per heavy atom. The normalized spacial score (nSPS) is 17.0. The van der Waals surface area contributed by atoms with E-state index < -0.39 is 9.84 Å². The van der Waals surface area contributed by atoms with Crippen molar-refractivity contribution in [1.29, 1.82) is 0 Å². The fraction of sp³-hybridized carbons (Fsp3) is 0.227. The summed E-state index contributed by atoms with van der Waals surface area (Å²) in [5, 5.41) is 0.485. The lowest BCUT2D eigenvalue weighted by molar-refractivity contribution is 0.593. The van der Waals surface area contributed by atoms with Crippen molar-refractivity contribution in [2.75, 3.05) is 11.9 Å². The number of rotatable bonds is 3. The zero-order valence-corrected chi connectivity index (χ0v) is 19.0. The number of allylic oxidation sites excluding steroid dienone is 1. The van der Waals surface area contributed by atoms with Crippen LogP contribution in [-0.2, 0) is 15.3 Å². The Hall–Kier alpha value is -2.15. The van der Waals surface area contributed by atoms with E-state index in [4.69, 9.17) is 11.6 Å². The molecule has 0 saturated carbocycles. The van der Waals surface area contributed by atoms with E-state index >= 15 is 0 Å². The molecule has 4 nitrogen and oxygen atoms in total. The van der Waals surface area contributed by atoms with E-state index in [1.807, 2.05) is 32.2 Å². The molecule has 0 atom stereocenters. The van der Waals surface area contributed by atoms with Crippen LogP contribution in [0.3, 0.4) is 0 Å². The quantitative estimate of drug-likeness (QED) is 0.519. The molecular formula is C22H21ClN2O2S2. The first-order valence-corrected chi connectivity index (χ1v) is 11.8. The molecule has 0 aliphatic carbocycles. The van der Waals surface area contributed by atoms with Crippen molar-refractivity contribution in [3.63, 3.8) is 0 Å². The highest BCUT2D eigenvalue weighted by Crippen LogP contribution is 2.47. The van der Waals surface area contributed by atoms with Crippen molar-refractivity contribution >= 4 is 44.5 Å². The number of sulfone groups is 1. The van der Waals surface area contributed by atoms with E-state index in [1.165, 1.54) is 16.9 Å². The number of thiazole rings is 1. The summed E-state index contributed by atoms with van der Waals surface area (Å²) in [4.78, 5) is 6.72. The van der Waals surface area contributed by atoms with Crippen LogP contribution < -0.4 is 4.90 Å². The van der Waals surface area contributed by atoms with Crippen LogP contribution in [0.5, 0.6) is 0 Å². The number of fused-ring (bicyclic) bond motifs is 1. The Labute approximate surface area is 180 Å². The van der Waals surface area contributed by atoms with Crippen molar-refractivity contribution < 1.29 is 8.42 Å². The average molecular weight is 445 g/mol. The molecule has 0 bridgehead atoms. The number of halogens is 1. The van der Waals surface area contributed by atoms with E-state index in [0.717, 1.165) is 16.9 Å². The summed E-state index contributed by atoms with van der Waals surface area (Å²) in [6, 6.07) is 15.0. The van der Waals surface area contributed by atoms with Crippen LogP contribution in [0, 0.1) is 6.92 Å². The van der Waals surface area contributed by atoms with E-state index in [2.05, 4.69) is 35.9 Å². The van der Waals surface area contributed by atoms with Crippen LogP contribution in [0.15, 0.2) is 64.1 Å². The molecule has 7 heteroatoms. The number of aryl methyl sites for hydroxylation is 1. The predicted molar refractivity (Wildman–Crippen MR) is 120 cm³/mol. The summed E-state index contributed by atoms with van der Waals surface area (Å²) >= 11 is 7.51. The van der Waals surface area contributed by atoms with Crippen molar-refractivity contribution in [2.24, 2.45) is 0 Å². The van der Waals surface area contributed by atoms with Crippen LogP contribution in [0.4, 0.5) is 5.69 Å². The number of aromatic nitrogens is 1. The van der Waals surface area contributed by atoms with Gasteiger partial charge in [0.15, 0.2) is 5.03 Å². The molecule has 0 amide bonds. The van der Waals surface area contributed by atoms with E-state index in [1.54, 1.807) is 24.3 Å². The molecule has 150 valence electrons. The van der Waals surface area contributed by atoms with Gasteiger partial charge in [0.25, 0.3) is 0 Å². The molecule has 4 rings (SSSR count). The zero-order valence-electron chi connectivity index (χ0n) is 16.6. The molecule has 0 fully saturated rings. The molecule has 1 aliphatic heterocycles. The second kappa shape index (κ2) is 6.97. The van der Waals surface area contributed by atoms with Gasteiger partial charge in [0.05, 0.1) is 4.90 Å². The van der Waals surface area contributed by atoms with Gasteiger partial charge in [0, 0.05) is 23.8 Å². The monoisotopic (exact) mass is 444 g/mol. The number of hydrogen-bond acceptors (Lipinski definition) is 5. The second-order valence-corrected chi connectivity index (χ2v) is 11.2. The molecule has 0 spiro atoms. The largest absolute Gasteiger partial charge is 0.347 e. The SMILES string of the molecule is Cc1ccc(S(=O)(=O)c2nc(/C=C3\N(C)c4ccccc4C3(C)C)sc2Cl)cc1. The fourth-order valence-corrected chi connectivity index (χ4v) is 6.60. The molecule has 29 heavy (non-hydrogen) atoms. The second-order valence-electron chi connectivity index (χ2n) is 7.68. The van der Waals surface area contributed by atoms with Crippen LogP contribution in [0.25, 0.3) is 6.08 Å². The van der Waals surface area contributed by atoms with Gasteiger partial charge in [-0.2, -0.15) is 0 Å². The number of likely N-dealkylation sites (N-methyl/N-ethyl adjacent to an activating group) is 1. The number of para-hydroxylation sites is 1. The van der Waals surface area contributed by atoms with E-state index in [9.17, 15) is 8.42 Å². The molecule has 2 aromatic carbocycles. The summed E-state index contributed by atoms with van der Waals surface area (Å²) in [5.41, 5.74) is 4.18. The van der Waals surface area contributed by atoms with Gasteiger partial charge >= 0.3 is 0 Å². The lowest BCUT2D eigenvalue weighted by Gasteiger charge is -2.23. The van der Waals surface area contributed by atoms with Gasteiger partial charge in [-0.25, -0.2) is 13.4 Å². The molecule has 0 N–H and O–H groups in total. The minimum atomic E-state index is -3.77. The molecular weight excluding hydrogens is 424 g/mol. The third-order valence-electron chi connectivity index (χ3n) is 5.36. The van der Waals surface area contributed by atoms with Gasteiger partial charge in [-0.1, -0.05) is 61.3 Å². The lowest BCUT2D eigenvalue weighted by Crippen LogP contribution is -2.22. The Morgan fingerprint density at radius 1 is 1.10 bits per heavy atom. The molecule has 2 heterocycles. The first kappa shape index (κ1) is 20.1. The maximum Gasteiger partial charge on any atom is 0.226 e. The number of anilines is 1. The first-order chi connectivity index (χ1) is 13.6. The topological polar surface area (TPSA) is 50.3 Å². The standard InChI is InChI=1S/C22H21ClN2O2S2/c1-14-9-11-15(12-10-14)29(26,27)21-20(23)28-19(24-21)13-18-22(2,3)16-7-5-6-8-17(16)25(18)4/h5-13H,1-4H3/b18-13-. The van der Waals surface area contributed by atoms with Crippen LogP contribution in [0.1, 0.15) is 30.0 Å². The number of benzene rings is 2. The molecule has 0 saturated heterocycles. The zero-order chi connectivity index (χ0) is 21.0. The minimum Gasteiger partial charge on any atom is -0.347 e. The van der Waals surface area contributed by atoms with Gasteiger partial charge in [0.2, 0.25) is 9.84 Å². The van der Waals surface area contributed by atoms with Gasteiger partial charge in [-0.15, -0.1) is 11.3 Å². The molecule has 0 radical (unpaired) electrons. The smallest absolute Gasteiger partial charge is 0.226 e. The van der Waals surface area contributed by atoms with Crippen LogP contribution in [-0.4, -0.2) is 20.4 Å².